The Labute approximate surface area is 152 Å². The van der Waals surface area contributed by atoms with E-state index in [0.717, 1.165) is 28.8 Å². The van der Waals surface area contributed by atoms with Crippen LogP contribution in [0.25, 0.3) is 11.0 Å². The summed E-state index contributed by atoms with van der Waals surface area (Å²) in [4.78, 5) is 17.1. The van der Waals surface area contributed by atoms with Crippen molar-refractivity contribution in [2.75, 3.05) is 5.32 Å². The van der Waals surface area contributed by atoms with Gasteiger partial charge in [-0.05, 0) is 43.0 Å². The number of fused-ring (bicyclic) bond motifs is 1. The van der Waals surface area contributed by atoms with E-state index >= 15 is 0 Å². The molecule has 0 radical (unpaired) electrons. The SMILES string of the molecule is CCn1cc(C)c2c(Cl)c(C(=O)Nc3ccc(C(C)C)cc3)cnc21. The fourth-order valence-corrected chi connectivity index (χ4v) is 3.32. The van der Waals surface area contributed by atoms with Gasteiger partial charge in [0.1, 0.15) is 5.65 Å². The van der Waals surface area contributed by atoms with Crippen molar-refractivity contribution in [3.63, 3.8) is 0 Å². The lowest BCUT2D eigenvalue weighted by atomic mass is 10.0. The Bertz CT molecular complexity index is 926. The van der Waals surface area contributed by atoms with Gasteiger partial charge in [0, 0.05) is 30.0 Å². The van der Waals surface area contributed by atoms with Crippen LogP contribution < -0.4 is 5.32 Å². The predicted molar refractivity (Wildman–Crippen MR) is 104 cm³/mol. The van der Waals surface area contributed by atoms with E-state index in [2.05, 4.69) is 31.1 Å². The lowest BCUT2D eigenvalue weighted by Crippen LogP contribution is -2.13. The number of aromatic nitrogens is 2. The highest BCUT2D eigenvalue weighted by Crippen LogP contribution is 2.30. The van der Waals surface area contributed by atoms with E-state index in [4.69, 9.17) is 11.6 Å². The van der Waals surface area contributed by atoms with Crippen LogP contribution in [-0.4, -0.2) is 15.5 Å². The topological polar surface area (TPSA) is 46.9 Å². The smallest absolute Gasteiger partial charge is 0.258 e. The van der Waals surface area contributed by atoms with Crippen LogP contribution in [-0.2, 0) is 6.54 Å². The molecule has 4 nitrogen and oxygen atoms in total. The van der Waals surface area contributed by atoms with Crippen LogP contribution in [0.3, 0.4) is 0 Å². The van der Waals surface area contributed by atoms with E-state index in [9.17, 15) is 4.79 Å². The van der Waals surface area contributed by atoms with Crippen LogP contribution in [0.5, 0.6) is 0 Å². The minimum atomic E-state index is -0.250. The molecular weight excluding hydrogens is 334 g/mol. The van der Waals surface area contributed by atoms with E-state index < -0.39 is 0 Å². The summed E-state index contributed by atoms with van der Waals surface area (Å²) in [6.45, 7) is 9.11. The second-order valence-corrected chi connectivity index (χ2v) is 6.89. The van der Waals surface area contributed by atoms with Gasteiger partial charge in [0.2, 0.25) is 0 Å². The van der Waals surface area contributed by atoms with E-state index in [1.807, 2.05) is 42.0 Å². The number of hydrogen-bond donors (Lipinski definition) is 1. The molecule has 0 unspecified atom stereocenters. The van der Waals surface area contributed by atoms with Gasteiger partial charge in [-0.25, -0.2) is 4.98 Å². The van der Waals surface area contributed by atoms with E-state index in [1.54, 1.807) is 6.20 Å². The van der Waals surface area contributed by atoms with Crippen molar-refractivity contribution >= 4 is 34.2 Å². The lowest BCUT2D eigenvalue weighted by molar-refractivity contribution is 0.102. The number of rotatable bonds is 4. The van der Waals surface area contributed by atoms with Crippen LogP contribution in [0.15, 0.2) is 36.7 Å². The Morgan fingerprint density at radius 2 is 1.96 bits per heavy atom. The molecule has 2 heterocycles. The summed E-state index contributed by atoms with van der Waals surface area (Å²) < 4.78 is 2.03. The summed E-state index contributed by atoms with van der Waals surface area (Å²) in [5.41, 5.74) is 4.19. The minimum absolute atomic E-state index is 0.250. The average Bonchev–Trinajstić information content (AvgIpc) is 2.92. The first-order valence-corrected chi connectivity index (χ1v) is 8.85. The quantitative estimate of drug-likeness (QED) is 0.681. The molecule has 0 aliphatic heterocycles. The maximum Gasteiger partial charge on any atom is 0.258 e. The molecule has 0 saturated heterocycles. The molecule has 5 heteroatoms. The maximum atomic E-state index is 12.6. The number of nitrogens with one attached hydrogen (secondary N) is 1. The number of carbonyl (C=O) groups excluding carboxylic acids is 1. The number of benzene rings is 1. The molecule has 130 valence electrons. The van der Waals surface area contributed by atoms with Crippen LogP contribution in [0.2, 0.25) is 5.02 Å². The van der Waals surface area contributed by atoms with Gasteiger partial charge < -0.3 is 9.88 Å². The highest BCUT2D eigenvalue weighted by molar-refractivity contribution is 6.39. The molecule has 0 atom stereocenters. The number of hydrogen-bond acceptors (Lipinski definition) is 2. The largest absolute Gasteiger partial charge is 0.332 e. The molecule has 0 aliphatic rings. The van der Waals surface area contributed by atoms with Crippen molar-refractivity contribution in [1.29, 1.82) is 0 Å². The van der Waals surface area contributed by atoms with Crippen molar-refractivity contribution < 1.29 is 4.79 Å². The van der Waals surface area contributed by atoms with E-state index in [1.165, 1.54) is 5.56 Å². The van der Waals surface area contributed by atoms with E-state index in [0.29, 0.717) is 16.5 Å². The molecule has 1 N–H and O–H groups in total. The van der Waals surface area contributed by atoms with Gasteiger partial charge in [-0.2, -0.15) is 0 Å². The van der Waals surface area contributed by atoms with Crippen LogP contribution >= 0.6 is 11.6 Å². The Morgan fingerprint density at radius 1 is 1.28 bits per heavy atom. The van der Waals surface area contributed by atoms with Gasteiger partial charge in [0.05, 0.1) is 10.6 Å². The first-order chi connectivity index (χ1) is 11.9. The number of halogens is 1. The van der Waals surface area contributed by atoms with Crippen LogP contribution in [0.4, 0.5) is 5.69 Å². The molecule has 0 fully saturated rings. The van der Waals surface area contributed by atoms with Crippen molar-refractivity contribution in [3.05, 3.63) is 58.4 Å². The van der Waals surface area contributed by atoms with Gasteiger partial charge in [-0.3, -0.25) is 4.79 Å². The average molecular weight is 356 g/mol. The van der Waals surface area contributed by atoms with Gasteiger partial charge in [-0.15, -0.1) is 0 Å². The fourth-order valence-electron chi connectivity index (χ4n) is 2.96. The first kappa shape index (κ1) is 17.5. The molecule has 0 aliphatic carbocycles. The summed E-state index contributed by atoms with van der Waals surface area (Å²) in [6.07, 6.45) is 3.56. The third kappa shape index (κ3) is 3.27. The van der Waals surface area contributed by atoms with Crippen molar-refractivity contribution in [3.8, 4) is 0 Å². The van der Waals surface area contributed by atoms with Crippen molar-refractivity contribution in [2.45, 2.75) is 40.2 Å². The Kier molecular flexibility index (Phi) is 4.82. The Hall–Kier alpha value is -2.33. The summed E-state index contributed by atoms with van der Waals surface area (Å²) in [7, 11) is 0. The van der Waals surface area contributed by atoms with Gasteiger partial charge in [0.15, 0.2) is 0 Å². The molecule has 3 rings (SSSR count). The molecule has 0 spiro atoms. The second kappa shape index (κ2) is 6.89. The highest BCUT2D eigenvalue weighted by Gasteiger charge is 2.18. The first-order valence-electron chi connectivity index (χ1n) is 8.47. The highest BCUT2D eigenvalue weighted by atomic mass is 35.5. The van der Waals surface area contributed by atoms with Gasteiger partial charge in [0.25, 0.3) is 5.91 Å². The van der Waals surface area contributed by atoms with Crippen molar-refractivity contribution in [2.24, 2.45) is 0 Å². The molecule has 2 aromatic heterocycles. The molecular formula is C20H22ClN3O. The minimum Gasteiger partial charge on any atom is -0.332 e. The number of aryl methyl sites for hydroxylation is 2. The number of carbonyl (C=O) groups is 1. The summed E-state index contributed by atoms with van der Waals surface area (Å²) in [6, 6.07) is 7.86. The molecule has 3 aromatic rings. The zero-order valence-electron chi connectivity index (χ0n) is 14.9. The predicted octanol–water partition coefficient (Wildman–Crippen LogP) is 5.39. The standard InChI is InChI=1S/C20H22ClN3O/c1-5-24-11-13(4)17-18(21)16(10-22-19(17)24)20(25)23-15-8-6-14(7-9-15)12(2)3/h6-12H,5H2,1-4H3,(H,23,25). The third-order valence-electron chi connectivity index (χ3n) is 4.43. The normalized spacial score (nSPS) is 11.3. The molecule has 1 aromatic carbocycles. The Balaban J connectivity index is 1.92. The summed E-state index contributed by atoms with van der Waals surface area (Å²) >= 11 is 6.53. The van der Waals surface area contributed by atoms with Crippen LogP contribution in [0.1, 0.15) is 48.2 Å². The van der Waals surface area contributed by atoms with Gasteiger partial charge >= 0.3 is 0 Å². The molecule has 25 heavy (non-hydrogen) atoms. The molecule has 1 amide bonds. The fraction of sp³-hybridized carbons (Fsp3) is 0.300. The zero-order valence-corrected chi connectivity index (χ0v) is 15.7. The molecule has 0 bridgehead atoms. The number of nitrogens with zero attached hydrogens (tertiary/aromatic N) is 2. The number of pyridine rings is 1. The van der Waals surface area contributed by atoms with Crippen molar-refractivity contribution in [1.82, 2.24) is 9.55 Å². The zero-order chi connectivity index (χ0) is 18.1. The lowest BCUT2D eigenvalue weighted by Gasteiger charge is -2.10. The third-order valence-corrected chi connectivity index (χ3v) is 4.82. The second-order valence-electron chi connectivity index (χ2n) is 6.51. The maximum absolute atomic E-state index is 12.6. The monoisotopic (exact) mass is 355 g/mol. The number of amides is 1. The van der Waals surface area contributed by atoms with E-state index in [-0.39, 0.29) is 5.91 Å². The van der Waals surface area contributed by atoms with Gasteiger partial charge in [-0.1, -0.05) is 37.6 Å². The number of anilines is 1. The summed E-state index contributed by atoms with van der Waals surface area (Å²) in [5, 5.41) is 4.19. The van der Waals surface area contributed by atoms with Crippen LogP contribution in [0, 0.1) is 6.92 Å². The molecule has 0 saturated carbocycles. The Morgan fingerprint density at radius 3 is 2.56 bits per heavy atom. The summed E-state index contributed by atoms with van der Waals surface area (Å²) in [5.74, 6) is 0.205.